The summed E-state index contributed by atoms with van der Waals surface area (Å²) in [4.78, 5) is 29.8. The van der Waals surface area contributed by atoms with Crippen LogP contribution in [-0.2, 0) is 25.4 Å². The number of carboxylic acid groups (broad SMARTS) is 1. The van der Waals surface area contributed by atoms with Crippen LogP contribution in [0.15, 0.2) is 36.7 Å². The third-order valence-electron chi connectivity index (χ3n) is 8.57. The molecule has 3 aliphatic rings. The molecule has 1 aromatic heterocycles. The van der Waals surface area contributed by atoms with E-state index in [0.717, 1.165) is 31.1 Å². The first-order chi connectivity index (χ1) is 20.3. The van der Waals surface area contributed by atoms with Gasteiger partial charge in [0.1, 0.15) is 11.9 Å². The first kappa shape index (κ1) is 30.6. The molecule has 3 saturated heterocycles. The van der Waals surface area contributed by atoms with Crippen LogP contribution in [0.5, 0.6) is 0 Å². The number of benzene rings is 1. The topological polar surface area (TPSA) is 131 Å². The Morgan fingerprint density at radius 1 is 1.12 bits per heavy atom. The molecule has 2 amide bonds. The molecular weight excluding hydrogens is 567 g/mol. The van der Waals surface area contributed by atoms with E-state index in [1.807, 2.05) is 12.1 Å². The molecule has 10 nitrogen and oxygen atoms in total. The van der Waals surface area contributed by atoms with Gasteiger partial charge in [0.15, 0.2) is 0 Å². The van der Waals surface area contributed by atoms with Gasteiger partial charge in [-0.25, -0.2) is 9.18 Å². The van der Waals surface area contributed by atoms with Crippen molar-refractivity contribution in [3.8, 4) is 0 Å². The van der Waals surface area contributed by atoms with Crippen LogP contribution in [0.2, 0.25) is 5.02 Å². The van der Waals surface area contributed by atoms with Gasteiger partial charge in [-0.15, -0.1) is 0 Å². The van der Waals surface area contributed by atoms with Gasteiger partial charge in [0, 0.05) is 68.9 Å². The number of carbonyl (C=O) groups is 2. The maximum atomic E-state index is 15.1. The van der Waals surface area contributed by atoms with Crippen LogP contribution in [0.25, 0.3) is 0 Å². The van der Waals surface area contributed by atoms with Crippen molar-refractivity contribution in [2.24, 2.45) is 5.92 Å². The van der Waals surface area contributed by atoms with Crippen molar-refractivity contribution < 1.29 is 33.3 Å². The standard InChI is InChI=1S/C30H38ClFN4O6/c31-21-3-1-19(2-4-21)26(20-7-11-40-12-8-20)27(36-29(38)39)28(37)35-25-17-33-16-24(32)23(25)6-5-22-15-34-18-30(42-22)9-13-41-14-10-30/h1-4,16-17,20,22,26-27,34,36H,5-15,18H2,(H,35,37)(H,38,39)/t22-,26?,27?/m1/s1. The molecule has 42 heavy (non-hydrogen) atoms. The molecule has 228 valence electrons. The molecule has 1 aromatic carbocycles. The van der Waals surface area contributed by atoms with Crippen LogP contribution in [0, 0.1) is 11.7 Å². The summed E-state index contributed by atoms with van der Waals surface area (Å²) in [6.07, 6.45) is 4.84. The SMILES string of the molecule is O=C(O)NC(C(=O)Nc1cncc(F)c1CC[C@@H]1CNCC2(CCOCC2)O1)C(c1ccc(Cl)cc1)C1CCOCC1. The number of aromatic nitrogens is 1. The Labute approximate surface area is 249 Å². The van der Waals surface area contributed by atoms with E-state index in [1.165, 1.54) is 6.20 Å². The Morgan fingerprint density at radius 3 is 2.55 bits per heavy atom. The van der Waals surface area contributed by atoms with E-state index in [9.17, 15) is 14.7 Å². The monoisotopic (exact) mass is 604 g/mol. The molecule has 4 N–H and O–H groups in total. The zero-order chi connectivity index (χ0) is 29.5. The van der Waals surface area contributed by atoms with Gasteiger partial charge in [-0.3, -0.25) is 9.78 Å². The van der Waals surface area contributed by atoms with Crippen LogP contribution in [0.1, 0.15) is 49.1 Å². The maximum absolute atomic E-state index is 15.1. The highest BCUT2D eigenvalue weighted by molar-refractivity contribution is 6.30. The maximum Gasteiger partial charge on any atom is 0.405 e. The Hall–Kier alpha value is -2.83. The van der Waals surface area contributed by atoms with Crippen LogP contribution in [0.4, 0.5) is 14.9 Å². The lowest BCUT2D eigenvalue weighted by atomic mass is 9.76. The van der Waals surface area contributed by atoms with Gasteiger partial charge in [-0.2, -0.15) is 0 Å². The zero-order valence-corrected chi connectivity index (χ0v) is 24.2. The highest BCUT2D eigenvalue weighted by Crippen LogP contribution is 2.36. The number of anilines is 1. The summed E-state index contributed by atoms with van der Waals surface area (Å²) in [5, 5.41) is 19.0. The van der Waals surface area contributed by atoms with Gasteiger partial charge in [0.2, 0.25) is 5.91 Å². The lowest BCUT2D eigenvalue weighted by molar-refractivity contribution is -0.160. The summed E-state index contributed by atoms with van der Waals surface area (Å²) >= 11 is 6.13. The minimum absolute atomic E-state index is 0.0268. The van der Waals surface area contributed by atoms with E-state index in [1.54, 1.807) is 12.1 Å². The Bertz CT molecular complexity index is 1220. The Morgan fingerprint density at radius 2 is 1.83 bits per heavy atom. The van der Waals surface area contributed by atoms with Crippen molar-refractivity contribution in [3.05, 3.63) is 58.6 Å². The average molecular weight is 605 g/mol. The van der Waals surface area contributed by atoms with Gasteiger partial charge < -0.3 is 35.3 Å². The van der Waals surface area contributed by atoms with E-state index >= 15 is 4.39 Å². The fourth-order valence-corrected chi connectivity index (χ4v) is 6.51. The van der Waals surface area contributed by atoms with E-state index < -0.39 is 29.8 Å². The molecule has 0 aliphatic carbocycles. The van der Waals surface area contributed by atoms with E-state index in [-0.39, 0.29) is 23.3 Å². The molecule has 4 heterocycles. The van der Waals surface area contributed by atoms with Crippen molar-refractivity contribution in [1.29, 1.82) is 0 Å². The largest absolute Gasteiger partial charge is 0.465 e. The number of carbonyl (C=O) groups excluding carboxylic acids is 1. The van der Waals surface area contributed by atoms with Crippen LogP contribution >= 0.6 is 11.6 Å². The van der Waals surface area contributed by atoms with Crippen molar-refractivity contribution in [2.75, 3.05) is 44.8 Å². The molecule has 0 radical (unpaired) electrons. The lowest BCUT2D eigenvalue weighted by Crippen LogP contribution is -2.56. The minimum atomic E-state index is -1.33. The third-order valence-corrected chi connectivity index (χ3v) is 8.82. The highest BCUT2D eigenvalue weighted by atomic mass is 35.5. The molecule has 2 aromatic rings. The van der Waals surface area contributed by atoms with Gasteiger partial charge in [-0.05, 0) is 49.3 Å². The lowest BCUT2D eigenvalue weighted by Gasteiger charge is -2.44. The van der Waals surface area contributed by atoms with Crippen molar-refractivity contribution in [2.45, 2.75) is 62.2 Å². The number of morpholine rings is 1. The number of rotatable bonds is 9. The predicted octanol–water partition coefficient (Wildman–Crippen LogP) is 4.13. The zero-order valence-electron chi connectivity index (χ0n) is 23.5. The normalized spacial score (nSPS) is 22.3. The first-order valence-corrected chi connectivity index (χ1v) is 14.9. The summed E-state index contributed by atoms with van der Waals surface area (Å²) in [7, 11) is 0. The van der Waals surface area contributed by atoms with E-state index in [2.05, 4.69) is 20.9 Å². The summed E-state index contributed by atoms with van der Waals surface area (Å²) in [5.41, 5.74) is 1.02. The Kier molecular flexibility index (Phi) is 10.3. The fraction of sp³-hybridized carbons (Fsp3) is 0.567. The molecule has 3 fully saturated rings. The second-order valence-electron chi connectivity index (χ2n) is 11.3. The second kappa shape index (κ2) is 14.1. The molecule has 12 heteroatoms. The van der Waals surface area contributed by atoms with Gasteiger partial charge in [0.05, 0.1) is 29.8 Å². The molecule has 0 bridgehead atoms. The number of halogens is 2. The summed E-state index contributed by atoms with van der Waals surface area (Å²) in [5.74, 6) is -1.65. The van der Waals surface area contributed by atoms with Gasteiger partial charge >= 0.3 is 6.09 Å². The van der Waals surface area contributed by atoms with Crippen molar-refractivity contribution in [3.63, 3.8) is 0 Å². The minimum Gasteiger partial charge on any atom is -0.465 e. The van der Waals surface area contributed by atoms with Gasteiger partial charge in [-0.1, -0.05) is 23.7 Å². The predicted molar refractivity (Wildman–Crippen MR) is 154 cm³/mol. The van der Waals surface area contributed by atoms with E-state index in [0.29, 0.717) is 69.2 Å². The molecule has 0 saturated carbocycles. The molecule has 3 atom stereocenters. The number of amides is 2. The number of ether oxygens (including phenoxy) is 3. The van der Waals surface area contributed by atoms with Crippen molar-refractivity contribution in [1.82, 2.24) is 15.6 Å². The summed E-state index contributed by atoms with van der Waals surface area (Å²) < 4.78 is 32.7. The van der Waals surface area contributed by atoms with Crippen molar-refractivity contribution >= 4 is 29.3 Å². The number of hydrogen-bond acceptors (Lipinski definition) is 7. The summed E-state index contributed by atoms with van der Waals surface area (Å²) in [6.45, 7) is 3.74. The number of nitrogens with zero attached hydrogens (tertiary/aromatic N) is 1. The number of nitrogens with one attached hydrogen (secondary N) is 3. The number of hydrogen-bond donors (Lipinski definition) is 4. The van der Waals surface area contributed by atoms with Crippen LogP contribution < -0.4 is 16.0 Å². The molecule has 3 aliphatic heterocycles. The summed E-state index contributed by atoms with van der Waals surface area (Å²) in [6, 6.07) is 5.91. The highest BCUT2D eigenvalue weighted by Gasteiger charge is 2.40. The van der Waals surface area contributed by atoms with Crippen LogP contribution in [-0.4, -0.2) is 79.4 Å². The van der Waals surface area contributed by atoms with Gasteiger partial charge in [0.25, 0.3) is 0 Å². The number of pyridine rings is 1. The van der Waals surface area contributed by atoms with E-state index in [4.69, 9.17) is 25.8 Å². The smallest absolute Gasteiger partial charge is 0.405 e. The quantitative estimate of drug-likeness (QED) is 0.336. The average Bonchev–Trinajstić information content (AvgIpc) is 2.98. The molecule has 1 spiro atoms. The first-order valence-electron chi connectivity index (χ1n) is 14.6. The Balaban J connectivity index is 1.35. The molecule has 2 unspecified atom stereocenters. The van der Waals surface area contributed by atoms with Crippen LogP contribution in [0.3, 0.4) is 0 Å². The molecule has 5 rings (SSSR count). The fourth-order valence-electron chi connectivity index (χ4n) is 6.38. The third kappa shape index (κ3) is 7.57. The second-order valence-corrected chi connectivity index (χ2v) is 11.7. The molecular formula is C30H38ClFN4O6.